The van der Waals surface area contributed by atoms with Crippen LogP contribution in [0.3, 0.4) is 0 Å². The van der Waals surface area contributed by atoms with Crippen LogP contribution in [-0.2, 0) is 0 Å². The van der Waals surface area contributed by atoms with E-state index < -0.39 is 43.5 Å². The number of anilines is 1. The number of pyridine rings is 1. The molecule has 0 saturated carbocycles. The van der Waals surface area contributed by atoms with Crippen molar-refractivity contribution in [3.63, 3.8) is 0 Å². The third-order valence-electron chi connectivity index (χ3n) is 2.91. The summed E-state index contributed by atoms with van der Waals surface area (Å²) >= 11 is 16.9. The first-order chi connectivity index (χ1) is 12.1. The number of amides is 3. The molecule has 1 heterocycles. The highest BCUT2D eigenvalue weighted by Crippen LogP contribution is 3.02. The third kappa shape index (κ3) is 5.34. The Morgan fingerprint density at radius 3 is 2.15 bits per heavy atom. The number of para-hydroxylation sites is 1. The van der Waals surface area contributed by atoms with Gasteiger partial charge >= 0.3 is 16.3 Å². The molecule has 1 aromatic carbocycles. The quantitative estimate of drug-likeness (QED) is 0.389. The second-order valence-electron chi connectivity index (χ2n) is 4.97. The first-order valence-electron chi connectivity index (χ1n) is 6.55. The number of hydrogen-bond donors (Lipinski definition) is 2. The largest absolute Gasteiger partial charge is 0.326 e. The van der Waals surface area contributed by atoms with Gasteiger partial charge in [0.15, 0.2) is 0 Å². The molecule has 27 heavy (non-hydrogen) atoms. The van der Waals surface area contributed by atoms with Crippen molar-refractivity contribution in [2.24, 2.45) is 0 Å². The Hall–Kier alpha value is -1.82. The first-order valence-corrected chi connectivity index (χ1v) is 9.64. The second-order valence-corrected chi connectivity index (χ2v) is 8.47. The van der Waals surface area contributed by atoms with Gasteiger partial charge in [0.05, 0.1) is 16.3 Å². The van der Waals surface area contributed by atoms with E-state index in [0.717, 1.165) is 18.2 Å². The molecule has 2 aromatic rings. The van der Waals surface area contributed by atoms with E-state index in [4.69, 9.17) is 34.8 Å². The van der Waals surface area contributed by atoms with E-state index in [1.165, 1.54) is 0 Å². The van der Waals surface area contributed by atoms with Crippen molar-refractivity contribution in [3.05, 3.63) is 51.2 Å². The standard InChI is InChI=1S/C13H7Cl3F5N3O2S/c14-7-5-6(10(15)23-11(7)16)12(25)24-13(26)22-8-3-1-2-4-9(8)27(17,18,19,20)21/h1-5H,(H2,22,24,25,26). The highest BCUT2D eigenvalue weighted by molar-refractivity contribution is 8.45. The van der Waals surface area contributed by atoms with Crippen LogP contribution in [0.15, 0.2) is 35.2 Å². The molecule has 1 aromatic heterocycles. The lowest BCUT2D eigenvalue weighted by atomic mass is 10.2. The Morgan fingerprint density at radius 1 is 0.963 bits per heavy atom. The monoisotopic (exact) mass is 469 g/mol. The van der Waals surface area contributed by atoms with Gasteiger partial charge < -0.3 is 5.32 Å². The molecule has 0 spiro atoms. The lowest BCUT2D eigenvalue weighted by molar-refractivity contribution is 0.0967. The van der Waals surface area contributed by atoms with Crippen molar-refractivity contribution < 1.29 is 29.0 Å². The summed E-state index contributed by atoms with van der Waals surface area (Å²) in [5, 5.41) is 2.32. The minimum Gasteiger partial charge on any atom is -0.306 e. The Morgan fingerprint density at radius 2 is 1.56 bits per heavy atom. The first kappa shape index (κ1) is 21.5. The average Bonchev–Trinajstić information content (AvgIpc) is 2.48. The molecule has 148 valence electrons. The van der Waals surface area contributed by atoms with Gasteiger partial charge in [-0.1, -0.05) is 66.4 Å². The zero-order chi connectivity index (χ0) is 20.7. The molecule has 0 fully saturated rings. The third-order valence-corrected chi connectivity index (χ3v) is 5.06. The molecule has 0 radical (unpaired) electrons. The Balaban J connectivity index is 2.26. The molecular formula is C13H7Cl3F5N3O2S. The zero-order valence-electron chi connectivity index (χ0n) is 12.6. The van der Waals surface area contributed by atoms with Gasteiger partial charge in [0.25, 0.3) is 5.91 Å². The normalized spacial score (nSPS) is 14.1. The van der Waals surface area contributed by atoms with Crippen molar-refractivity contribution in [2.75, 3.05) is 5.32 Å². The Bertz CT molecular complexity index is 957. The van der Waals surface area contributed by atoms with Crippen LogP contribution in [0.1, 0.15) is 10.4 Å². The van der Waals surface area contributed by atoms with Gasteiger partial charge in [-0.05, 0) is 18.2 Å². The number of hydrogen-bond acceptors (Lipinski definition) is 3. The molecule has 2 N–H and O–H groups in total. The summed E-state index contributed by atoms with van der Waals surface area (Å²) in [6, 6.07) is 1.87. The van der Waals surface area contributed by atoms with Gasteiger partial charge in [-0.15, -0.1) is 0 Å². The molecule has 2 rings (SSSR count). The molecule has 3 amide bonds. The van der Waals surface area contributed by atoms with E-state index >= 15 is 0 Å². The predicted molar refractivity (Wildman–Crippen MR) is 93.6 cm³/mol. The van der Waals surface area contributed by atoms with Crippen LogP contribution in [0.25, 0.3) is 0 Å². The smallest absolute Gasteiger partial charge is 0.306 e. The van der Waals surface area contributed by atoms with Gasteiger partial charge in [-0.25, -0.2) is 9.78 Å². The zero-order valence-corrected chi connectivity index (χ0v) is 15.7. The highest BCUT2D eigenvalue weighted by Gasteiger charge is 2.66. The van der Waals surface area contributed by atoms with Gasteiger partial charge in [0.2, 0.25) is 0 Å². The minimum absolute atomic E-state index is 0.110. The van der Waals surface area contributed by atoms with Crippen molar-refractivity contribution >= 4 is 62.7 Å². The fraction of sp³-hybridized carbons (Fsp3) is 0. The summed E-state index contributed by atoms with van der Waals surface area (Å²) in [5.74, 6) is -1.20. The summed E-state index contributed by atoms with van der Waals surface area (Å²) in [6.07, 6.45) is 0. The van der Waals surface area contributed by atoms with Crippen LogP contribution in [0.5, 0.6) is 0 Å². The summed E-state index contributed by atoms with van der Waals surface area (Å²) in [4.78, 5) is 25.0. The fourth-order valence-corrected chi connectivity index (χ4v) is 3.26. The highest BCUT2D eigenvalue weighted by atomic mass is 35.5. The molecule has 0 aliphatic heterocycles. The molecule has 0 aliphatic carbocycles. The van der Waals surface area contributed by atoms with Crippen LogP contribution in [0.2, 0.25) is 15.3 Å². The topological polar surface area (TPSA) is 71.1 Å². The molecule has 14 heteroatoms. The molecular weight excluding hydrogens is 464 g/mol. The van der Waals surface area contributed by atoms with E-state index in [9.17, 15) is 29.0 Å². The molecule has 0 unspecified atom stereocenters. The van der Waals surface area contributed by atoms with Crippen LogP contribution in [0.4, 0.5) is 29.9 Å². The number of nitrogens with one attached hydrogen (secondary N) is 2. The maximum Gasteiger partial charge on any atom is 0.326 e. The van der Waals surface area contributed by atoms with Crippen LogP contribution in [-0.4, -0.2) is 16.9 Å². The van der Waals surface area contributed by atoms with Gasteiger partial charge in [0, 0.05) is 0 Å². The molecule has 0 saturated heterocycles. The number of benzene rings is 1. The number of imide groups is 1. The maximum atomic E-state index is 13.0. The summed E-state index contributed by atoms with van der Waals surface area (Å²) in [6.45, 7) is 0. The summed E-state index contributed by atoms with van der Waals surface area (Å²) in [5.41, 5.74) is -1.65. The van der Waals surface area contributed by atoms with Gasteiger partial charge in [0.1, 0.15) is 15.2 Å². The average molecular weight is 471 g/mol. The molecule has 0 atom stereocenters. The number of halogens is 8. The van der Waals surface area contributed by atoms with E-state index in [1.54, 1.807) is 10.6 Å². The van der Waals surface area contributed by atoms with E-state index in [1.807, 2.05) is 0 Å². The van der Waals surface area contributed by atoms with E-state index in [2.05, 4.69) is 4.98 Å². The summed E-state index contributed by atoms with van der Waals surface area (Å²) in [7, 11) is -10.1. The van der Waals surface area contributed by atoms with Crippen molar-refractivity contribution in [1.29, 1.82) is 0 Å². The van der Waals surface area contributed by atoms with Gasteiger partial charge in [-0.2, -0.15) is 0 Å². The molecule has 0 aliphatic rings. The SMILES string of the molecule is O=C(NC(=O)c1cc(Cl)c(Cl)nc1Cl)Nc1ccccc1S(F)(F)(F)(F)F. The minimum atomic E-state index is -10.1. The van der Waals surface area contributed by atoms with E-state index in [0.29, 0.717) is 6.07 Å². The van der Waals surface area contributed by atoms with Crippen molar-refractivity contribution in [2.45, 2.75) is 4.90 Å². The van der Waals surface area contributed by atoms with Gasteiger partial charge in [-0.3, -0.25) is 10.1 Å². The predicted octanol–water partition coefficient (Wildman–Crippen LogP) is 6.66. The number of carbonyl (C=O) groups excluding carboxylic acids is 2. The fourth-order valence-electron chi connectivity index (χ4n) is 1.84. The van der Waals surface area contributed by atoms with Crippen LogP contribution in [0, 0.1) is 0 Å². The number of aromatic nitrogens is 1. The lowest BCUT2D eigenvalue weighted by Crippen LogP contribution is -2.35. The Labute approximate surface area is 163 Å². The van der Waals surface area contributed by atoms with E-state index in [-0.39, 0.29) is 16.2 Å². The summed E-state index contributed by atoms with van der Waals surface area (Å²) < 4.78 is 65.1. The van der Waals surface area contributed by atoms with Crippen LogP contribution < -0.4 is 10.6 Å². The number of carbonyl (C=O) groups is 2. The number of urea groups is 1. The number of nitrogens with zero attached hydrogens (tertiary/aromatic N) is 1. The number of rotatable bonds is 3. The Kier molecular flexibility index (Phi) is 5.06. The molecule has 5 nitrogen and oxygen atoms in total. The second kappa shape index (κ2) is 6.36. The van der Waals surface area contributed by atoms with Crippen molar-refractivity contribution in [1.82, 2.24) is 10.3 Å². The van der Waals surface area contributed by atoms with Crippen molar-refractivity contribution in [3.8, 4) is 0 Å². The molecule has 0 bridgehead atoms. The maximum absolute atomic E-state index is 13.0. The van der Waals surface area contributed by atoms with Crippen LogP contribution >= 0.6 is 45.0 Å². The lowest BCUT2D eigenvalue weighted by Gasteiger charge is -2.41.